The number of nitrogen functional groups attached to an aromatic ring is 2. The van der Waals surface area contributed by atoms with E-state index >= 15 is 0 Å². The minimum Gasteiger partial charge on any atom is -0.424 e. The second-order valence-corrected chi connectivity index (χ2v) is 5.58. The Morgan fingerprint density at radius 2 is 2.00 bits per heavy atom. The number of oxazole rings is 1. The summed E-state index contributed by atoms with van der Waals surface area (Å²) >= 11 is 0. The normalized spacial score (nSPS) is 11.8. The van der Waals surface area contributed by atoms with Crippen molar-refractivity contribution in [3.05, 3.63) is 24.5 Å². The van der Waals surface area contributed by atoms with E-state index in [1.807, 2.05) is 36.7 Å². The van der Waals surface area contributed by atoms with Gasteiger partial charge in [0.1, 0.15) is 17.7 Å². The number of fused-ring (bicyclic) bond motifs is 2. The number of nitrogens with zero attached hydrogens (tertiary/aromatic N) is 5. The summed E-state index contributed by atoms with van der Waals surface area (Å²) in [4.78, 5) is 12.5. The van der Waals surface area contributed by atoms with Gasteiger partial charge in [-0.3, -0.25) is 4.68 Å². The summed E-state index contributed by atoms with van der Waals surface area (Å²) in [5.74, 6) is 0.400. The summed E-state index contributed by atoms with van der Waals surface area (Å²) in [6.45, 7) is 4.09. The number of hydrogen-bond donors (Lipinski definition) is 2. The smallest absolute Gasteiger partial charge is 0.292 e. The van der Waals surface area contributed by atoms with E-state index in [0.29, 0.717) is 22.6 Å². The van der Waals surface area contributed by atoms with Crippen LogP contribution in [0, 0.1) is 0 Å². The summed E-state index contributed by atoms with van der Waals surface area (Å²) in [6, 6.07) is 5.93. The highest BCUT2D eigenvalue weighted by atomic mass is 16.4. The van der Waals surface area contributed by atoms with Gasteiger partial charge in [-0.1, -0.05) is 0 Å². The molecule has 0 radical (unpaired) electrons. The number of aromatic nitrogens is 5. The lowest BCUT2D eigenvalue weighted by molar-refractivity contribution is 0.542. The van der Waals surface area contributed by atoms with Crippen molar-refractivity contribution >= 4 is 34.0 Å². The quantitative estimate of drug-likeness (QED) is 0.583. The van der Waals surface area contributed by atoms with Crippen LogP contribution in [0.4, 0.5) is 11.8 Å². The molecule has 3 aromatic heterocycles. The van der Waals surface area contributed by atoms with Crippen LogP contribution in [0.3, 0.4) is 0 Å². The largest absolute Gasteiger partial charge is 0.424 e. The van der Waals surface area contributed by atoms with Gasteiger partial charge in [-0.25, -0.2) is 9.97 Å². The van der Waals surface area contributed by atoms with Crippen molar-refractivity contribution < 1.29 is 4.42 Å². The number of rotatable bonds is 2. The molecule has 23 heavy (non-hydrogen) atoms. The number of hydrogen-bond acceptors (Lipinski definition) is 7. The van der Waals surface area contributed by atoms with Gasteiger partial charge in [0, 0.05) is 11.6 Å². The summed E-state index contributed by atoms with van der Waals surface area (Å²) in [5.41, 5.74) is 15.3. The summed E-state index contributed by atoms with van der Waals surface area (Å²) in [7, 11) is 0. The molecule has 0 saturated carbocycles. The molecule has 8 heteroatoms. The van der Waals surface area contributed by atoms with Gasteiger partial charge in [0.15, 0.2) is 11.2 Å². The van der Waals surface area contributed by atoms with Crippen molar-refractivity contribution in [3.63, 3.8) is 0 Å². The highest BCUT2D eigenvalue weighted by molar-refractivity contribution is 5.99. The summed E-state index contributed by atoms with van der Waals surface area (Å²) < 4.78 is 7.21. The lowest BCUT2D eigenvalue weighted by Crippen LogP contribution is -2.04. The highest BCUT2D eigenvalue weighted by Crippen LogP contribution is 2.34. The van der Waals surface area contributed by atoms with Crippen LogP contribution in [0.5, 0.6) is 0 Å². The van der Waals surface area contributed by atoms with E-state index in [0.717, 1.165) is 16.6 Å². The fraction of sp³-hybridized carbons (Fsp3) is 0.200. The summed E-state index contributed by atoms with van der Waals surface area (Å²) in [6.07, 6.45) is 1.42. The molecule has 3 heterocycles. The molecule has 0 unspecified atom stereocenters. The van der Waals surface area contributed by atoms with Crippen LogP contribution in [-0.2, 0) is 0 Å². The topological polar surface area (TPSA) is 122 Å². The van der Waals surface area contributed by atoms with E-state index < -0.39 is 0 Å². The zero-order valence-electron chi connectivity index (χ0n) is 12.7. The molecule has 8 nitrogen and oxygen atoms in total. The molecule has 0 aliphatic rings. The summed E-state index contributed by atoms with van der Waals surface area (Å²) in [5, 5.41) is 5.29. The van der Waals surface area contributed by atoms with Gasteiger partial charge in [-0.15, -0.1) is 0 Å². The van der Waals surface area contributed by atoms with Crippen molar-refractivity contribution in [3.8, 4) is 11.3 Å². The highest BCUT2D eigenvalue weighted by Gasteiger charge is 2.19. The predicted molar refractivity (Wildman–Crippen MR) is 87.5 cm³/mol. The van der Waals surface area contributed by atoms with E-state index in [4.69, 9.17) is 15.9 Å². The molecular weight excluding hydrogens is 294 g/mol. The maximum absolute atomic E-state index is 6.07. The average Bonchev–Trinajstić information content (AvgIpc) is 3.06. The maximum Gasteiger partial charge on any atom is 0.292 e. The molecule has 116 valence electrons. The van der Waals surface area contributed by atoms with E-state index in [9.17, 15) is 0 Å². The third-order valence-corrected chi connectivity index (χ3v) is 3.69. The molecule has 0 atom stereocenters. The first-order valence-electron chi connectivity index (χ1n) is 7.19. The number of nitrogens with two attached hydrogens (primary N) is 2. The Labute approximate surface area is 131 Å². The van der Waals surface area contributed by atoms with Gasteiger partial charge in [-0.05, 0) is 32.0 Å². The second kappa shape index (κ2) is 4.67. The average molecular weight is 309 g/mol. The van der Waals surface area contributed by atoms with Crippen molar-refractivity contribution in [2.75, 3.05) is 11.5 Å². The van der Waals surface area contributed by atoms with Crippen LogP contribution in [-0.4, -0.2) is 24.7 Å². The lowest BCUT2D eigenvalue weighted by Gasteiger charge is -2.11. The van der Waals surface area contributed by atoms with Crippen molar-refractivity contribution in [1.82, 2.24) is 24.7 Å². The molecule has 0 aliphatic heterocycles. The zero-order valence-corrected chi connectivity index (χ0v) is 12.7. The van der Waals surface area contributed by atoms with E-state index in [-0.39, 0.29) is 12.1 Å². The molecule has 0 spiro atoms. The van der Waals surface area contributed by atoms with Crippen molar-refractivity contribution in [2.24, 2.45) is 0 Å². The molecule has 0 aliphatic carbocycles. The Balaban J connectivity index is 2.07. The first-order chi connectivity index (χ1) is 11.0. The first kappa shape index (κ1) is 13.5. The van der Waals surface area contributed by atoms with Gasteiger partial charge in [0.05, 0.1) is 11.1 Å². The van der Waals surface area contributed by atoms with Gasteiger partial charge >= 0.3 is 0 Å². The van der Waals surface area contributed by atoms with Crippen LogP contribution >= 0.6 is 0 Å². The predicted octanol–water partition coefficient (Wildman–Crippen LogP) is 2.38. The van der Waals surface area contributed by atoms with Crippen LogP contribution in [0.15, 0.2) is 28.9 Å². The standard InChI is InChI=1S/C15H15N7O/c1-7(2)22-12(11-13(16)18-6-19-14(11)21-22)8-3-4-10-9(5-8)20-15(17)23-10/h3-7H,1-2H3,(H2,17,20)(H2,16,18,19,21). The molecule has 4 N–H and O–H groups in total. The molecule has 0 saturated heterocycles. The SMILES string of the molecule is CC(C)n1nc2ncnc(N)c2c1-c1ccc2oc(N)nc2c1. The first-order valence-corrected chi connectivity index (χ1v) is 7.19. The monoisotopic (exact) mass is 309 g/mol. The number of anilines is 2. The minimum absolute atomic E-state index is 0.136. The van der Waals surface area contributed by atoms with Gasteiger partial charge < -0.3 is 15.9 Å². The minimum atomic E-state index is 0.136. The van der Waals surface area contributed by atoms with Crippen LogP contribution in [0.25, 0.3) is 33.4 Å². The van der Waals surface area contributed by atoms with Gasteiger partial charge in [-0.2, -0.15) is 10.1 Å². The molecule has 4 aromatic rings. The molecule has 4 rings (SSSR count). The second-order valence-electron chi connectivity index (χ2n) is 5.58. The van der Waals surface area contributed by atoms with Crippen LogP contribution in [0.1, 0.15) is 19.9 Å². The molecule has 0 bridgehead atoms. The van der Waals surface area contributed by atoms with Gasteiger partial charge in [0.25, 0.3) is 6.01 Å². The van der Waals surface area contributed by atoms with Crippen molar-refractivity contribution in [2.45, 2.75) is 19.9 Å². The lowest BCUT2D eigenvalue weighted by atomic mass is 10.1. The van der Waals surface area contributed by atoms with E-state index in [2.05, 4.69) is 20.1 Å². The zero-order chi connectivity index (χ0) is 16.1. The molecule has 0 amide bonds. The van der Waals surface area contributed by atoms with Gasteiger partial charge in [0.2, 0.25) is 0 Å². The van der Waals surface area contributed by atoms with E-state index in [1.54, 1.807) is 0 Å². The third kappa shape index (κ3) is 1.99. The molecule has 0 fully saturated rings. The van der Waals surface area contributed by atoms with Crippen molar-refractivity contribution in [1.29, 1.82) is 0 Å². The van der Waals surface area contributed by atoms with E-state index in [1.165, 1.54) is 6.33 Å². The molecule has 1 aromatic carbocycles. The Bertz CT molecular complexity index is 1030. The Morgan fingerprint density at radius 3 is 2.78 bits per heavy atom. The fourth-order valence-corrected chi connectivity index (χ4v) is 2.70. The molecular formula is C15H15N7O. The van der Waals surface area contributed by atoms with Crippen LogP contribution < -0.4 is 11.5 Å². The van der Waals surface area contributed by atoms with Crippen LogP contribution in [0.2, 0.25) is 0 Å². The Hall–Kier alpha value is -3.16. The third-order valence-electron chi connectivity index (χ3n) is 3.69. The fourth-order valence-electron chi connectivity index (χ4n) is 2.70. The Kier molecular flexibility index (Phi) is 2.74. The Morgan fingerprint density at radius 1 is 1.17 bits per heavy atom. The number of benzene rings is 1. The maximum atomic E-state index is 6.07.